The lowest BCUT2D eigenvalue weighted by Gasteiger charge is -2.32. The summed E-state index contributed by atoms with van der Waals surface area (Å²) in [5.74, 6) is 0.702. The first-order valence-corrected chi connectivity index (χ1v) is 9.67. The monoisotopic (exact) mass is 400 g/mol. The molecule has 0 fully saturated rings. The van der Waals surface area contributed by atoms with Crippen molar-refractivity contribution in [1.82, 2.24) is 5.32 Å². The fourth-order valence-electron chi connectivity index (χ4n) is 3.19. The van der Waals surface area contributed by atoms with E-state index in [9.17, 15) is 5.11 Å². The van der Waals surface area contributed by atoms with Gasteiger partial charge in [0.05, 0.1) is 0 Å². The first-order valence-electron chi connectivity index (χ1n) is 8.88. The van der Waals surface area contributed by atoms with Crippen molar-refractivity contribution in [1.29, 1.82) is 0 Å². The van der Waals surface area contributed by atoms with E-state index < -0.39 is 0 Å². The molecule has 0 amide bonds. The molecule has 25 heavy (non-hydrogen) atoms. The molecule has 0 unspecified atom stereocenters. The average Bonchev–Trinajstić information content (AvgIpc) is 2.63. The van der Waals surface area contributed by atoms with Crippen LogP contribution in [0.5, 0.6) is 5.75 Å². The third-order valence-corrected chi connectivity index (χ3v) is 5.25. The van der Waals surface area contributed by atoms with E-state index in [1.165, 1.54) is 11.1 Å². The van der Waals surface area contributed by atoms with Crippen LogP contribution in [0.25, 0.3) is 0 Å². The van der Waals surface area contributed by atoms with E-state index in [0.717, 1.165) is 28.6 Å². The van der Waals surface area contributed by atoms with Gasteiger partial charge in [0, 0.05) is 28.2 Å². The van der Waals surface area contributed by atoms with Gasteiger partial charge >= 0.3 is 0 Å². The van der Waals surface area contributed by atoms with Crippen LogP contribution in [0, 0.1) is 5.92 Å². The highest BCUT2D eigenvalue weighted by molar-refractivity contribution is 9.10. The average molecular weight is 401 g/mol. The van der Waals surface area contributed by atoms with Gasteiger partial charge in [0.15, 0.2) is 0 Å². The molecule has 0 saturated carbocycles. The van der Waals surface area contributed by atoms with E-state index in [1.54, 1.807) is 6.07 Å². The highest BCUT2D eigenvalue weighted by Gasteiger charge is 2.28. The Morgan fingerprint density at radius 3 is 2.56 bits per heavy atom. The topological polar surface area (TPSA) is 44.6 Å². The van der Waals surface area contributed by atoms with Gasteiger partial charge in [0.1, 0.15) is 11.9 Å². The van der Waals surface area contributed by atoms with Crippen molar-refractivity contribution in [2.24, 2.45) is 10.9 Å². The van der Waals surface area contributed by atoms with E-state index in [0.29, 0.717) is 11.7 Å². The van der Waals surface area contributed by atoms with E-state index >= 15 is 0 Å². The Morgan fingerprint density at radius 2 is 1.92 bits per heavy atom. The van der Waals surface area contributed by atoms with Crippen LogP contribution in [0.2, 0.25) is 0 Å². The Bertz CT molecular complexity index is 768. The van der Waals surface area contributed by atoms with Gasteiger partial charge in [-0.25, -0.2) is 0 Å². The Labute approximate surface area is 158 Å². The number of halogens is 1. The number of benzene rings is 2. The summed E-state index contributed by atoms with van der Waals surface area (Å²) in [6.07, 6.45) is 1.84. The lowest BCUT2D eigenvalue weighted by Crippen LogP contribution is -2.41. The molecule has 2 aromatic carbocycles. The molecule has 3 nitrogen and oxygen atoms in total. The largest absolute Gasteiger partial charge is 0.508 e. The fourth-order valence-corrected chi connectivity index (χ4v) is 3.57. The number of rotatable bonds is 4. The fraction of sp³-hybridized carbons (Fsp3) is 0.381. The standard InChI is InChI=1S/C21H25BrN2O/c1-4-14-5-7-15(8-6-14)18-12-19(24-21(23-18)13(2)3)17-11-16(22)9-10-20(17)25/h5-11,13,19,21,24-25H,4,12H2,1-3H3/t19-,21-/m1/s1. The number of aliphatic imine (C=N–C) groups is 1. The predicted molar refractivity (Wildman–Crippen MR) is 107 cm³/mol. The SMILES string of the molecule is CCc1ccc(C2=N[C@@H](C(C)C)N[C@@H](c3cc(Br)ccc3O)C2)cc1. The van der Waals surface area contributed by atoms with Crippen LogP contribution in [-0.4, -0.2) is 17.0 Å². The second kappa shape index (κ2) is 7.71. The molecule has 1 aliphatic rings. The van der Waals surface area contributed by atoms with Crippen LogP contribution in [0.1, 0.15) is 49.9 Å². The molecular weight excluding hydrogens is 376 g/mol. The summed E-state index contributed by atoms with van der Waals surface area (Å²) in [5.41, 5.74) is 4.52. The third-order valence-electron chi connectivity index (χ3n) is 4.76. The van der Waals surface area contributed by atoms with Gasteiger partial charge in [0.25, 0.3) is 0 Å². The first-order chi connectivity index (χ1) is 12.0. The molecule has 2 aromatic rings. The minimum absolute atomic E-state index is 0.0398. The van der Waals surface area contributed by atoms with Gasteiger partial charge in [-0.3, -0.25) is 10.3 Å². The summed E-state index contributed by atoms with van der Waals surface area (Å²) >= 11 is 3.51. The normalized spacial score (nSPS) is 20.6. The number of hydrogen-bond acceptors (Lipinski definition) is 3. The lowest BCUT2D eigenvalue weighted by atomic mass is 9.92. The Morgan fingerprint density at radius 1 is 1.20 bits per heavy atom. The van der Waals surface area contributed by atoms with Crippen molar-refractivity contribution >= 4 is 21.6 Å². The number of phenols is 1. The van der Waals surface area contributed by atoms with Crippen molar-refractivity contribution in [3.63, 3.8) is 0 Å². The number of hydrogen-bond donors (Lipinski definition) is 2. The summed E-state index contributed by atoms with van der Waals surface area (Å²) in [6, 6.07) is 14.3. The minimum atomic E-state index is 0.0398. The zero-order valence-corrected chi connectivity index (χ0v) is 16.5. The van der Waals surface area contributed by atoms with E-state index in [4.69, 9.17) is 4.99 Å². The summed E-state index contributed by atoms with van der Waals surface area (Å²) < 4.78 is 0.972. The highest BCUT2D eigenvalue weighted by atomic mass is 79.9. The van der Waals surface area contributed by atoms with Crippen LogP contribution in [-0.2, 0) is 6.42 Å². The lowest BCUT2D eigenvalue weighted by molar-refractivity contribution is 0.345. The quantitative estimate of drug-likeness (QED) is 0.738. The predicted octanol–water partition coefficient (Wildman–Crippen LogP) is 5.22. The van der Waals surface area contributed by atoms with Gasteiger partial charge in [-0.2, -0.15) is 0 Å². The molecule has 1 heterocycles. The smallest absolute Gasteiger partial charge is 0.120 e. The van der Waals surface area contributed by atoms with Crippen LogP contribution in [0.4, 0.5) is 0 Å². The highest BCUT2D eigenvalue weighted by Crippen LogP contribution is 2.33. The van der Waals surface area contributed by atoms with Crippen LogP contribution in [0.15, 0.2) is 51.9 Å². The van der Waals surface area contributed by atoms with Crippen LogP contribution >= 0.6 is 15.9 Å². The Balaban J connectivity index is 1.95. The zero-order valence-electron chi connectivity index (χ0n) is 15.0. The van der Waals surface area contributed by atoms with Crippen molar-refractivity contribution in [3.8, 4) is 5.75 Å². The molecule has 132 valence electrons. The van der Waals surface area contributed by atoms with Crippen molar-refractivity contribution in [2.75, 3.05) is 0 Å². The number of aryl methyl sites for hydroxylation is 1. The molecule has 0 aliphatic carbocycles. The van der Waals surface area contributed by atoms with E-state index in [1.807, 2.05) is 12.1 Å². The van der Waals surface area contributed by atoms with Gasteiger partial charge < -0.3 is 5.11 Å². The maximum absolute atomic E-state index is 10.3. The molecule has 2 atom stereocenters. The number of phenolic OH excluding ortho intramolecular Hbond substituents is 1. The van der Waals surface area contributed by atoms with Crippen LogP contribution in [0.3, 0.4) is 0 Å². The summed E-state index contributed by atoms with van der Waals surface area (Å²) in [6.45, 7) is 6.50. The Kier molecular flexibility index (Phi) is 5.60. The number of nitrogens with one attached hydrogen (secondary N) is 1. The van der Waals surface area contributed by atoms with Gasteiger partial charge in [-0.05, 0) is 41.7 Å². The molecular formula is C21H25BrN2O. The molecule has 3 rings (SSSR count). The number of nitrogens with zero attached hydrogens (tertiary/aromatic N) is 1. The van der Waals surface area contributed by atoms with Crippen molar-refractivity contribution in [2.45, 2.75) is 45.8 Å². The minimum Gasteiger partial charge on any atom is -0.508 e. The second-order valence-electron chi connectivity index (χ2n) is 6.94. The molecule has 0 bridgehead atoms. The molecule has 0 spiro atoms. The molecule has 0 saturated heterocycles. The zero-order chi connectivity index (χ0) is 18.0. The van der Waals surface area contributed by atoms with E-state index in [-0.39, 0.29) is 12.2 Å². The summed E-state index contributed by atoms with van der Waals surface area (Å²) in [7, 11) is 0. The van der Waals surface area contributed by atoms with E-state index in [2.05, 4.69) is 66.3 Å². The van der Waals surface area contributed by atoms with Gasteiger partial charge in [0.2, 0.25) is 0 Å². The van der Waals surface area contributed by atoms with Gasteiger partial charge in [-0.1, -0.05) is 61.0 Å². The third kappa shape index (κ3) is 4.13. The molecule has 0 radical (unpaired) electrons. The first kappa shape index (κ1) is 18.2. The number of aromatic hydroxyl groups is 1. The Hall–Kier alpha value is -1.65. The second-order valence-corrected chi connectivity index (χ2v) is 7.86. The van der Waals surface area contributed by atoms with Gasteiger partial charge in [-0.15, -0.1) is 0 Å². The maximum Gasteiger partial charge on any atom is 0.120 e. The summed E-state index contributed by atoms with van der Waals surface area (Å²) in [5, 5.41) is 13.9. The molecule has 2 N–H and O–H groups in total. The van der Waals surface area contributed by atoms with Crippen molar-refractivity contribution < 1.29 is 5.11 Å². The molecule has 0 aromatic heterocycles. The maximum atomic E-state index is 10.3. The van der Waals surface area contributed by atoms with Crippen molar-refractivity contribution in [3.05, 3.63) is 63.6 Å². The van der Waals surface area contributed by atoms with Crippen LogP contribution < -0.4 is 5.32 Å². The summed E-state index contributed by atoms with van der Waals surface area (Å²) in [4.78, 5) is 4.95. The molecule has 4 heteroatoms. The molecule has 1 aliphatic heterocycles.